The molecule has 1 rings (SSSR count). The summed E-state index contributed by atoms with van der Waals surface area (Å²) in [6, 6.07) is 2.00. The molecule has 4 heteroatoms. The second kappa shape index (κ2) is 6.49. The molecule has 4 nitrogen and oxygen atoms in total. The van der Waals surface area contributed by atoms with Gasteiger partial charge < -0.3 is 10.6 Å². The van der Waals surface area contributed by atoms with Gasteiger partial charge in [0.05, 0.1) is 19.0 Å². The second-order valence-electron chi connectivity index (χ2n) is 4.61. The van der Waals surface area contributed by atoms with E-state index in [9.17, 15) is 4.79 Å². The molecule has 2 N–H and O–H groups in total. The van der Waals surface area contributed by atoms with Crippen LogP contribution in [0.15, 0.2) is 0 Å². The van der Waals surface area contributed by atoms with E-state index in [0.29, 0.717) is 24.9 Å². The maximum absolute atomic E-state index is 11.3. The summed E-state index contributed by atoms with van der Waals surface area (Å²) < 4.78 is 0. The zero-order chi connectivity index (χ0) is 11.9. The standard InChI is InChI=1S/C12H21N3O/c1-2-4-12(5-6-12)10-14-9-11(16)15-8-3-7-13/h14H,2-6,8-10H2,1H3,(H,15,16). The molecular weight excluding hydrogens is 202 g/mol. The molecule has 1 aliphatic rings. The van der Waals surface area contributed by atoms with E-state index in [2.05, 4.69) is 17.6 Å². The van der Waals surface area contributed by atoms with Gasteiger partial charge in [0.25, 0.3) is 0 Å². The topological polar surface area (TPSA) is 64.9 Å². The summed E-state index contributed by atoms with van der Waals surface area (Å²) in [4.78, 5) is 11.3. The normalized spacial score (nSPS) is 16.5. The van der Waals surface area contributed by atoms with E-state index in [1.165, 1.54) is 25.7 Å². The minimum Gasteiger partial charge on any atom is -0.354 e. The van der Waals surface area contributed by atoms with Crippen molar-refractivity contribution in [3.63, 3.8) is 0 Å². The first-order valence-electron chi connectivity index (χ1n) is 6.07. The Morgan fingerprint density at radius 1 is 1.50 bits per heavy atom. The monoisotopic (exact) mass is 223 g/mol. The highest BCUT2D eigenvalue weighted by molar-refractivity contribution is 5.77. The summed E-state index contributed by atoms with van der Waals surface area (Å²) in [5.74, 6) is -0.0115. The van der Waals surface area contributed by atoms with Crippen molar-refractivity contribution in [2.45, 2.75) is 39.0 Å². The van der Waals surface area contributed by atoms with Gasteiger partial charge in [0.2, 0.25) is 5.91 Å². The highest BCUT2D eigenvalue weighted by atomic mass is 16.1. The number of hydrogen-bond donors (Lipinski definition) is 2. The molecule has 0 atom stereocenters. The second-order valence-corrected chi connectivity index (χ2v) is 4.61. The van der Waals surface area contributed by atoms with Gasteiger partial charge in [-0.05, 0) is 24.7 Å². The number of carbonyl (C=O) groups is 1. The van der Waals surface area contributed by atoms with E-state index in [1.807, 2.05) is 6.07 Å². The van der Waals surface area contributed by atoms with Crippen molar-refractivity contribution in [3.05, 3.63) is 0 Å². The number of carbonyl (C=O) groups excluding carboxylic acids is 1. The molecule has 0 bridgehead atoms. The van der Waals surface area contributed by atoms with Crippen molar-refractivity contribution in [3.8, 4) is 6.07 Å². The third-order valence-corrected chi connectivity index (χ3v) is 3.08. The summed E-state index contributed by atoms with van der Waals surface area (Å²) in [5, 5.41) is 14.2. The van der Waals surface area contributed by atoms with Crippen LogP contribution in [-0.4, -0.2) is 25.5 Å². The molecule has 0 aromatic rings. The Morgan fingerprint density at radius 2 is 2.25 bits per heavy atom. The van der Waals surface area contributed by atoms with Crippen LogP contribution in [0.1, 0.15) is 39.0 Å². The summed E-state index contributed by atoms with van der Waals surface area (Å²) in [5.41, 5.74) is 0.488. The van der Waals surface area contributed by atoms with Crippen LogP contribution in [0.3, 0.4) is 0 Å². The molecule has 1 fully saturated rings. The fourth-order valence-electron chi connectivity index (χ4n) is 1.98. The van der Waals surface area contributed by atoms with Crippen molar-refractivity contribution < 1.29 is 4.79 Å². The number of nitriles is 1. The Morgan fingerprint density at radius 3 is 2.81 bits per heavy atom. The van der Waals surface area contributed by atoms with E-state index in [4.69, 9.17) is 5.26 Å². The third-order valence-electron chi connectivity index (χ3n) is 3.08. The van der Waals surface area contributed by atoms with Gasteiger partial charge in [0, 0.05) is 13.1 Å². The lowest BCUT2D eigenvalue weighted by Gasteiger charge is -2.14. The predicted molar refractivity (Wildman–Crippen MR) is 62.7 cm³/mol. The number of hydrogen-bond acceptors (Lipinski definition) is 3. The molecule has 0 saturated heterocycles. The molecule has 0 radical (unpaired) electrons. The van der Waals surface area contributed by atoms with Crippen LogP contribution in [0, 0.1) is 16.7 Å². The van der Waals surface area contributed by atoms with E-state index in [1.54, 1.807) is 0 Å². The van der Waals surface area contributed by atoms with Crippen molar-refractivity contribution in [1.82, 2.24) is 10.6 Å². The van der Waals surface area contributed by atoms with Gasteiger partial charge in [-0.15, -0.1) is 0 Å². The fourth-order valence-corrected chi connectivity index (χ4v) is 1.98. The summed E-state index contributed by atoms with van der Waals surface area (Å²) in [6.07, 6.45) is 5.45. The third kappa shape index (κ3) is 4.63. The minimum atomic E-state index is -0.0115. The number of amides is 1. The molecule has 1 saturated carbocycles. The zero-order valence-electron chi connectivity index (χ0n) is 10.0. The first-order chi connectivity index (χ1) is 7.72. The van der Waals surface area contributed by atoms with Gasteiger partial charge >= 0.3 is 0 Å². The van der Waals surface area contributed by atoms with Gasteiger partial charge in [0.15, 0.2) is 0 Å². The Balaban J connectivity index is 2.02. The maximum atomic E-state index is 11.3. The Hall–Kier alpha value is -1.08. The average molecular weight is 223 g/mol. The van der Waals surface area contributed by atoms with Crippen LogP contribution >= 0.6 is 0 Å². The number of rotatable bonds is 8. The lowest BCUT2D eigenvalue weighted by molar-refractivity contribution is -0.120. The molecule has 0 aromatic carbocycles. The smallest absolute Gasteiger partial charge is 0.233 e. The molecular formula is C12H21N3O. The highest BCUT2D eigenvalue weighted by Crippen LogP contribution is 2.48. The van der Waals surface area contributed by atoms with Gasteiger partial charge in [-0.25, -0.2) is 0 Å². The first kappa shape index (κ1) is 13.0. The van der Waals surface area contributed by atoms with Crippen LogP contribution in [0.25, 0.3) is 0 Å². The van der Waals surface area contributed by atoms with E-state index < -0.39 is 0 Å². The quantitative estimate of drug-likeness (QED) is 0.607. The van der Waals surface area contributed by atoms with E-state index in [-0.39, 0.29) is 5.91 Å². The first-order valence-corrected chi connectivity index (χ1v) is 6.07. The maximum Gasteiger partial charge on any atom is 0.233 e. The zero-order valence-corrected chi connectivity index (χ0v) is 10.0. The van der Waals surface area contributed by atoms with Gasteiger partial charge in [-0.3, -0.25) is 4.79 Å². The number of nitrogens with zero attached hydrogens (tertiary/aromatic N) is 1. The van der Waals surface area contributed by atoms with Crippen LogP contribution < -0.4 is 10.6 Å². The summed E-state index contributed by atoms with van der Waals surface area (Å²) >= 11 is 0. The van der Waals surface area contributed by atoms with Gasteiger partial charge in [-0.2, -0.15) is 5.26 Å². The summed E-state index contributed by atoms with van der Waals surface area (Å²) in [7, 11) is 0. The molecule has 0 heterocycles. The van der Waals surface area contributed by atoms with E-state index >= 15 is 0 Å². The lowest BCUT2D eigenvalue weighted by Crippen LogP contribution is -2.36. The number of nitrogens with one attached hydrogen (secondary N) is 2. The molecule has 0 aliphatic heterocycles. The molecule has 16 heavy (non-hydrogen) atoms. The molecule has 0 unspecified atom stereocenters. The SMILES string of the molecule is CCCC1(CNCC(=O)NCCC#N)CC1. The molecule has 90 valence electrons. The average Bonchev–Trinajstić information content (AvgIpc) is 2.99. The van der Waals surface area contributed by atoms with Crippen LogP contribution in [0.4, 0.5) is 0 Å². The lowest BCUT2D eigenvalue weighted by atomic mass is 10.0. The Labute approximate surface area is 97.4 Å². The molecule has 0 aromatic heterocycles. The van der Waals surface area contributed by atoms with Crippen molar-refractivity contribution in [2.24, 2.45) is 5.41 Å². The fraction of sp³-hybridized carbons (Fsp3) is 0.833. The van der Waals surface area contributed by atoms with Crippen molar-refractivity contribution in [1.29, 1.82) is 5.26 Å². The molecule has 1 amide bonds. The van der Waals surface area contributed by atoms with Crippen molar-refractivity contribution in [2.75, 3.05) is 19.6 Å². The highest BCUT2D eigenvalue weighted by Gasteiger charge is 2.40. The predicted octanol–water partition coefficient (Wildman–Crippen LogP) is 1.19. The summed E-state index contributed by atoms with van der Waals surface area (Å²) in [6.45, 7) is 3.98. The largest absolute Gasteiger partial charge is 0.354 e. The molecule has 1 aliphatic carbocycles. The van der Waals surface area contributed by atoms with Crippen LogP contribution in [0.2, 0.25) is 0 Å². The van der Waals surface area contributed by atoms with Crippen LogP contribution in [-0.2, 0) is 4.79 Å². The van der Waals surface area contributed by atoms with Crippen LogP contribution in [0.5, 0.6) is 0 Å². The molecule has 0 spiro atoms. The van der Waals surface area contributed by atoms with E-state index in [0.717, 1.165) is 6.54 Å². The van der Waals surface area contributed by atoms with Gasteiger partial charge in [0.1, 0.15) is 0 Å². The Bertz CT molecular complexity index is 266. The Kier molecular flexibility index (Phi) is 5.27. The van der Waals surface area contributed by atoms with Gasteiger partial charge in [-0.1, -0.05) is 13.3 Å². The minimum absolute atomic E-state index is 0.0115. The van der Waals surface area contributed by atoms with Crippen molar-refractivity contribution >= 4 is 5.91 Å².